The normalized spacial score (nSPS) is 36.9. The van der Waals surface area contributed by atoms with Crippen LogP contribution in [0.25, 0.3) is 0 Å². The molecule has 130 valence electrons. The maximum Gasteiger partial charge on any atom is 0.251 e. The van der Waals surface area contributed by atoms with E-state index in [4.69, 9.17) is 9.47 Å². The van der Waals surface area contributed by atoms with Crippen molar-refractivity contribution < 1.29 is 14.3 Å². The molecule has 1 saturated carbocycles. The number of rotatable bonds is 2. The van der Waals surface area contributed by atoms with Crippen molar-refractivity contribution in [1.29, 1.82) is 0 Å². The average Bonchev–Trinajstić information content (AvgIpc) is 3.06. The Kier molecular flexibility index (Phi) is 4.88. The molecule has 5 nitrogen and oxygen atoms in total. The second-order valence-electron chi connectivity index (χ2n) is 7.56. The average molecular weight is 322 g/mol. The van der Waals surface area contributed by atoms with E-state index < -0.39 is 0 Å². The van der Waals surface area contributed by atoms with Crippen molar-refractivity contribution >= 4 is 5.91 Å². The first kappa shape index (κ1) is 15.9. The third kappa shape index (κ3) is 3.28. The quantitative estimate of drug-likeness (QED) is 0.777. The SMILES string of the molecule is O=C([C@@H]1CC[C@H]2[C@H](CCN2C2CCCCC2)O1)N1CCOCC1. The van der Waals surface area contributed by atoms with Gasteiger partial charge in [0.15, 0.2) is 0 Å². The highest BCUT2D eigenvalue weighted by atomic mass is 16.5. The molecule has 4 rings (SSSR count). The lowest BCUT2D eigenvalue weighted by Crippen LogP contribution is -2.52. The number of amides is 1. The van der Waals surface area contributed by atoms with Gasteiger partial charge in [-0.05, 0) is 32.1 Å². The number of carbonyl (C=O) groups excluding carboxylic acids is 1. The Labute approximate surface area is 139 Å². The van der Waals surface area contributed by atoms with Gasteiger partial charge in [0.1, 0.15) is 6.10 Å². The van der Waals surface area contributed by atoms with Gasteiger partial charge < -0.3 is 14.4 Å². The van der Waals surface area contributed by atoms with E-state index in [-0.39, 0.29) is 18.1 Å². The number of ether oxygens (including phenoxy) is 2. The Bertz CT molecular complexity index is 418. The topological polar surface area (TPSA) is 42.0 Å². The Balaban J connectivity index is 1.34. The van der Waals surface area contributed by atoms with E-state index in [2.05, 4.69) is 4.90 Å². The van der Waals surface area contributed by atoms with Crippen LogP contribution in [-0.4, -0.2) is 72.8 Å². The molecule has 5 heteroatoms. The zero-order chi connectivity index (χ0) is 15.6. The van der Waals surface area contributed by atoms with Crippen LogP contribution in [0, 0.1) is 0 Å². The number of hydrogen-bond donors (Lipinski definition) is 0. The van der Waals surface area contributed by atoms with Gasteiger partial charge in [0.05, 0.1) is 19.3 Å². The molecule has 3 atom stereocenters. The first-order chi connectivity index (χ1) is 11.3. The fourth-order valence-electron chi connectivity index (χ4n) is 4.99. The molecule has 0 aromatic rings. The van der Waals surface area contributed by atoms with Gasteiger partial charge in [0.2, 0.25) is 0 Å². The third-order valence-electron chi connectivity index (χ3n) is 6.23. The molecule has 1 aliphatic carbocycles. The van der Waals surface area contributed by atoms with Gasteiger partial charge in [-0.25, -0.2) is 0 Å². The summed E-state index contributed by atoms with van der Waals surface area (Å²) in [6, 6.07) is 1.33. The molecule has 3 aliphatic heterocycles. The molecular weight excluding hydrogens is 292 g/mol. The van der Waals surface area contributed by atoms with Crippen molar-refractivity contribution in [3.63, 3.8) is 0 Å². The van der Waals surface area contributed by atoms with Gasteiger partial charge in [0.25, 0.3) is 5.91 Å². The number of nitrogens with zero attached hydrogens (tertiary/aromatic N) is 2. The number of likely N-dealkylation sites (tertiary alicyclic amines) is 1. The molecule has 1 amide bonds. The van der Waals surface area contributed by atoms with Crippen LogP contribution in [0.4, 0.5) is 0 Å². The van der Waals surface area contributed by atoms with E-state index in [0.717, 1.165) is 38.4 Å². The van der Waals surface area contributed by atoms with Gasteiger partial charge in [-0.2, -0.15) is 0 Å². The fraction of sp³-hybridized carbons (Fsp3) is 0.944. The summed E-state index contributed by atoms with van der Waals surface area (Å²) in [7, 11) is 0. The van der Waals surface area contributed by atoms with E-state index in [0.29, 0.717) is 19.3 Å². The van der Waals surface area contributed by atoms with Crippen LogP contribution in [-0.2, 0) is 14.3 Å². The minimum absolute atomic E-state index is 0.197. The molecule has 3 heterocycles. The number of fused-ring (bicyclic) bond motifs is 1. The summed E-state index contributed by atoms with van der Waals surface area (Å²) in [6.07, 6.45) is 10.1. The van der Waals surface area contributed by atoms with Crippen molar-refractivity contribution in [3.05, 3.63) is 0 Å². The number of morpholine rings is 1. The fourth-order valence-corrected chi connectivity index (χ4v) is 4.99. The molecule has 23 heavy (non-hydrogen) atoms. The monoisotopic (exact) mass is 322 g/mol. The van der Waals surface area contributed by atoms with Crippen LogP contribution in [0.15, 0.2) is 0 Å². The summed E-state index contributed by atoms with van der Waals surface area (Å²) < 4.78 is 11.6. The van der Waals surface area contributed by atoms with Crippen LogP contribution < -0.4 is 0 Å². The van der Waals surface area contributed by atoms with Gasteiger partial charge >= 0.3 is 0 Å². The molecule has 0 N–H and O–H groups in total. The molecule has 4 aliphatic rings. The molecule has 4 fully saturated rings. The Morgan fingerprint density at radius 1 is 0.870 bits per heavy atom. The van der Waals surface area contributed by atoms with Crippen molar-refractivity contribution in [3.8, 4) is 0 Å². The Morgan fingerprint density at radius 3 is 2.43 bits per heavy atom. The van der Waals surface area contributed by atoms with Gasteiger partial charge in [-0.3, -0.25) is 9.69 Å². The first-order valence-corrected chi connectivity index (χ1v) is 9.60. The van der Waals surface area contributed by atoms with E-state index in [1.807, 2.05) is 4.90 Å². The van der Waals surface area contributed by atoms with Crippen LogP contribution in [0.1, 0.15) is 51.4 Å². The number of carbonyl (C=O) groups is 1. The molecule has 0 bridgehead atoms. The summed E-state index contributed by atoms with van der Waals surface area (Å²) in [6.45, 7) is 3.94. The highest BCUT2D eigenvalue weighted by Gasteiger charge is 2.44. The van der Waals surface area contributed by atoms with Crippen molar-refractivity contribution in [2.24, 2.45) is 0 Å². The van der Waals surface area contributed by atoms with Gasteiger partial charge in [0, 0.05) is 31.7 Å². The van der Waals surface area contributed by atoms with Crippen LogP contribution >= 0.6 is 0 Å². The minimum atomic E-state index is -0.208. The van der Waals surface area contributed by atoms with Crippen LogP contribution in [0.3, 0.4) is 0 Å². The highest BCUT2D eigenvalue weighted by Crippen LogP contribution is 2.36. The molecule has 0 aromatic heterocycles. The molecule has 0 spiro atoms. The van der Waals surface area contributed by atoms with Crippen molar-refractivity contribution in [1.82, 2.24) is 9.80 Å². The molecule has 3 saturated heterocycles. The molecule has 0 aromatic carbocycles. The van der Waals surface area contributed by atoms with E-state index in [1.54, 1.807) is 0 Å². The number of hydrogen-bond acceptors (Lipinski definition) is 4. The lowest BCUT2D eigenvalue weighted by Gasteiger charge is -2.41. The maximum absolute atomic E-state index is 12.7. The zero-order valence-electron chi connectivity index (χ0n) is 14.1. The van der Waals surface area contributed by atoms with Crippen molar-refractivity contribution in [2.45, 2.75) is 75.7 Å². The summed E-state index contributed by atoms with van der Waals surface area (Å²) in [4.78, 5) is 17.3. The van der Waals surface area contributed by atoms with Crippen LogP contribution in [0.2, 0.25) is 0 Å². The Morgan fingerprint density at radius 2 is 1.65 bits per heavy atom. The van der Waals surface area contributed by atoms with Crippen molar-refractivity contribution in [2.75, 3.05) is 32.8 Å². The molecule has 0 radical (unpaired) electrons. The predicted molar refractivity (Wildman–Crippen MR) is 87.3 cm³/mol. The summed E-state index contributed by atoms with van der Waals surface area (Å²) >= 11 is 0. The smallest absolute Gasteiger partial charge is 0.251 e. The third-order valence-corrected chi connectivity index (χ3v) is 6.23. The Hall–Kier alpha value is -0.650. The molecular formula is C18H30N2O3. The molecule has 0 unspecified atom stereocenters. The summed E-state index contributed by atoms with van der Waals surface area (Å²) in [5, 5.41) is 0. The zero-order valence-corrected chi connectivity index (χ0v) is 14.1. The second-order valence-corrected chi connectivity index (χ2v) is 7.56. The largest absolute Gasteiger partial charge is 0.378 e. The second kappa shape index (κ2) is 7.08. The predicted octanol–water partition coefficient (Wildman–Crippen LogP) is 1.80. The lowest BCUT2D eigenvalue weighted by atomic mass is 9.92. The maximum atomic E-state index is 12.7. The van der Waals surface area contributed by atoms with Gasteiger partial charge in [-0.15, -0.1) is 0 Å². The van der Waals surface area contributed by atoms with Crippen LogP contribution in [0.5, 0.6) is 0 Å². The highest BCUT2D eigenvalue weighted by molar-refractivity contribution is 5.81. The minimum Gasteiger partial charge on any atom is -0.378 e. The lowest BCUT2D eigenvalue weighted by molar-refractivity contribution is -0.158. The van der Waals surface area contributed by atoms with E-state index in [9.17, 15) is 4.79 Å². The first-order valence-electron chi connectivity index (χ1n) is 9.60. The van der Waals surface area contributed by atoms with E-state index >= 15 is 0 Å². The standard InChI is InChI=1S/C18H30N2O3/c21-18(19-10-12-22-13-11-19)17-7-6-15-16(23-17)8-9-20(15)14-4-2-1-3-5-14/h14-17H,1-13H2/t15-,16-,17-/m0/s1. The van der Waals surface area contributed by atoms with E-state index in [1.165, 1.54) is 38.6 Å². The van der Waals surface area contributed by atoms with Gasteiger partial charge in [-0.1, -0.05) is 19.3 Å². The summed E-state index contributed by atoms with van der Waals surface area (Å²) in [5.41, 5.74) is 0. The summed E-state index contributed by atoms with van der Waals surface area (Å²) in [5.74, 6) is 0.197.